The Bertz CT molecular complexity index is 953. The number of benzene rings is 2. The van der Waals surface area contributed by atoms with Crippen LogP contribution in [0.2, 0.25) is 0 Å². The van der Waals surface area contributed by atoms with Gasteiger partial charge in [-0.1, -0.05) is 55.2 Å². The number of para-hydroxylation sites is 2. The Morgan fingerprint density at radius 3 is 2.67 bits per heavy atom. The third kappa shape index (κ3) is 3.61. The fourth-order valence-electron chi connectivity index (χ4n) is 4.16. The molecule has 27 heavy (non-hydrogen) atoms. The van der Waals surface area contributed by atoms with Gasteiger partial charge in [0.05, 0.1) is 11.0 Å². The number of rotatable bonds is 4. The summed E-state index contributed by atoms with van der Waals surface area (Å²) in [7, 11) is 1.96. The lowest BCUT2D eigenvalue weighted by molar-refractivity contribution is -0.133. The van der Waals surface area contributed by atoms with E-state index in [4.69, 9.17) is 4.98 Å². The Hall–Kier alpha value is -2.62. The van der Waals surface area contributed by atoms with Gasteiger partial charge in [0.25, 0.3) is 0 Å². The third-order valence-electron chi connectivity index (χ3n) is 5.74. The summed E-state index contributed by atoms with van der Waals surface area (Å²) in [4.78, 5) is 19.9. The maximum atomic E-state index is 13.1. The summed E-state index contributed by atoms with van der Waals surface area (Å²) in [6.07, 6.45) is 5.99. The standard InChI is InChI=1S/C23H27N3O/c1-17-9-8-10-18(15-17)23-24-20-13-6-7-14-21(20)26(23)16-22(27)25(2)19-11-4-3-5-12-19/h6-10,13-15,19H,3-5,11-12,16H2,1-2H3. The highest BCUT2D eigenvalue weighted by Crippen LogP contribution is 2.27. The second-order valence-corrected chi connectivity index (χ2v) is 7.68. The number of likely N-dealkylation sites (N-methyl/N-ethyl adjacent to an activating group) is 1. The quantitative estimate of drug-likeness (QED) is 0.669. The molecule has 0 N–H and O–H groups in total. The second-order valence-electron chi connectivity index (χ2n) is 7.68. The lowest BCUT2D eigenvalue weighted by Crippen LogP contribution is -2.40. The Labute approximate surface area is 160 Å². The SMILES string of the molecule is Cc1cccc(-c2nc3ccccc3n2CC(=O)N(C)C2CCCCC2)c1. The molecule has 0 radical (unpaired) electrons. The van der Waals surface area contributed by atoms with Crippen LogP contribution in [-0.2, 0) is 11.3 Å². The van der Waals surface area contributed by atoms with Crippen LogP contribution in [-0.4, -0.2) is 33.4 Å². The van der Waals surface area contributed by atoms with Gasteiger partial charge in [0, 0.05) is 18.7 Å². The van der Waals surface area contributed by atoms with Crippen molar-refractivity contribution < 1.29 is 4.79 Å². The average Bonchev–Trinajstić information content (AvgIpc) is 3.06. The predicted octanol–water partition coefficient (Wildman–Crippen LogP) is 4.80. The molecule has 1 aliphatic carbocycles. The minimum Gasteiger partial charge on any atom is -0.341 e. The van der Waals surface area contributed by atoms with Crippen molar-refractivity contribution in [2.24, 2.45) is 0 Å². The number of amides is 1. The zero-order valence-corrected chi connectivity index (χ0v) is 16.2. The summed E-state index contributed by atoms with van der Waals surface area (Å²) in [6.45, 7) is 2.41. The van der Waals surface area contributed by atoms with E-state index in [0.29, 0.717) is 12.6 Å². The number of carbonyl (C=O) groups is 1. The van der Waals surface area contributed by atoms with Gasteiger partial charge in [-0.2, -0.15) is 0 Å². The van der Waals surface area contributed by atoms with Crippen LogP contribution >= 0.6 is 0 Å². The molecule has 1 heterocycles. The van der Waals surface area contributed by atoms with Crippen molar-refractivity contribution >= 4 is 16.9 Å². The summed E-state index contributed by atoms with van der Waals surface area (Å²) >= 11 is 0. The van der Waals surface area contributed by atoms with E-state index in [1.165, 1.54) is 24.8 Å². The van der Waals surface area contributed by atoms with E-state index < -0.39 is 0 Å². The molecular formula is C23H27N3O. The zero-order chi connectivity index (χ0) is 18.8. The number of hydrogen-bond acceptors (Lipinski definition) is 2. The van der Waals surface area contributed by atoms with Crippen LogP contribution in [0.4, 0.5) is 0 Å². The second kappa shape index (κ2) is 7.55. The van der Waals surface area contributed by atoms with Crippen molar-refractivity contribution in [2.75, 3.05) is 7.05 Å². The Balaban J connectivity index is 1.69. The monoisotopic (exact) mass is 361 g/mol. The van der Waals surface area contributed by atoms with E-state index in [0.717, 1.165) is 35.3 Å². The number of imidazole rings is 1. The molecule has 0 aliphatic heterocycles. The minimum absolute atomic E-state index is 0.166. The fourth-order valence-corrected chi connectivity index (χ4v) is 4.16. The first-order chi connectivity index (χ1) is 13.1. The average molecular weight is 361 g/mol. The highest BCUT2D eigenvalue weighted by atomic mass is 16.2. The maximum Gasteiger partial charge on any atom is 0.242 e. The van der Waals surface area contributed by atoms with Gasteiger partial charge < -0.3 is 9.47 Å². The number of nitrogens with zero attached hydrogens (tertiary/aromatic N) is 3. The van der Waals surface area contributed by atoms with Gasteiger partial charge in [0.15, 0.2) is 0 Å². The molecule has 140 valence electrons. The molecule has 4 rings (SSSR count). The largest absolute Gasteiger partial charge is 0.341 e. The maximum absolute atomic E-state index is 13.1. The van der Waals surface area contributed by atoms with Crippen molar-refractivity contribution in [1.29, 1.82) is 0 Å². The highest BCUT2D eigenvalue weighted by molar-refractivity contribution is 5.84. The van der Waals surface area contributed by atoms with Crippen molar-refractivity contribution in [1.82, 2.24) is 14.5 Å². The van der Waals surface area contributed by atoms with Crippen LogP contribution in [0, 0.1) is 6.92 Å². The topological polar surface area (TPSA) is 38.1 Å². The van der Waals surface area contributed by atoms with Gasteiger partial charge in [-0.15, -0.1) is 0 Å². The zero-order valence-electron chi connectivity index (χ0n) is 16.2. The number of hydrogen-bond donors (Lipinski definition) is 0. The summed E-state index contributed by atoms with van der Waals surface area (Å²) < 4.78 is 2.08. The van der Waals surface area contributed by atoms with Gasteiger partial charge >= 0.3 is 0 Å². The third-order valence-corrected chi connectivity index (χ3v) is 5.74. The molecule has 0 unspecified atom stereocenters. The van der Waals surface area contributed by atoms with Crippen molar-refractivity contribution in [3.8, 4) is 11.4 Å². The Morgan fingerprint density at radius 2 is 1.89 bits per heavy atom. The van der Waals surface area contributed by atoms with Crippen molar-refractivity contribution in [3.63, 3.8) is 0 Å². The van der Waals surface area contributed by atoms with E-state index in [-0.39, 0.29) is 5.91 Å². The van der Waals surface area contributed by atoms with Crippen molar-refractivity contribution in [3.05, 3.63) is 54.1 Å². The fraction of sp³-hybridized carbons (Fsp3) is 0.391. The number of aromatic nitrogens is 2. The minimum atomic E-state index is 0.166. The van der Waals surface area contributed by atoms with Gasteiger partial charge in [-0.25, -0.2) is 4.98 Å². The summed E-state index contributed by atoms with van der Waals surface area (Å²) in [5, 5.41) is 0. The van der Waals surface area contributed by atoms with E-state index in [2.05, 4.69) is 35.8 Å². The molecule has 0 atom stereocenters. The molecule has 0 saturated heterocycles. The molecule has 0 spiro atoms. The summed E-state index contributed by atoms with van der Waals surface area (Å²) in [5.41, 5.74) is 4.19. The number of carbonyl (C=O) groups excluding carboxylic acids is 1. The van der Waals surface area contributed by atoms with E-state index in [1.807, 2.05) is 36.2 Å². The lowest BCUT2D eigenvalue weighted by Gasteiger charge is -2.31. The van der Waals surface area contributed by atoms with Crippen LogP contribution in [0.3, 0.4) is 0 Å². The molecule has 1 fully saturated rings. The first kappa shape index (κ1) is 17.8. The number of aryl methyl sites for hydroxylation is 1. The normalized spacial score (nSPS) is 15.2. The Morgan fingerprint density at radius 1 is 1.11 bits per heavy atom. The summed E-state index contributed by atoms with van der Waals surface area (Å²) in [6, 6.07) is 16.8. The predicted molar refractivity (Wildman–Crippen MR) is 110 cm³/mol. The van der Waals surface area contributed by atoms with E-state index in [9.17, 15) is 4.79 Å². The molecule has 2 aromatic carbocycles. The molecule has 4 nitrogen and oxygen atoms in total. The van der Waals surface area contributed by atoms with Crippen LogP contribution in [0.5, 0.6) is 0 Å². The van der Waals surface area contributed by atoms with Gasteiger partial charge in [-0.05, 0) is 38.0 Å². The Kier molecular flexibility index (Phi) is 4.97. The molecule has 1 amide bonds. The molecule has 4 heteroatoms. The molecule has 3 aromatic rings. The molecule has 1 aliphatic rings. The van der Waals surface area contributed by atoms with E-state index in [1.54, 1.807) is 0 Å². The molecule has 1 aromatic heterocycles. The van der Waals surface area contributed by atoms with E-state index >= 15 is 0 Å². The highest BCUT2D eigenvalue weighted by Gasteiger charge is 2.23. The molecule has 1 saturated carbocycles. The first-order valence-corrected chi connectivity index (χ1v) is 9.91. The van der Waals surface area contributed by atoms with Crippen LogP contribution in [0.25, 0.3) is 22.4 Å². The molecule has 0 bridgehead atoms. The van der Waals surface area contributed by atoms with Crippen molar-refractivity contribution in [2.45, 2.75) is 51.6 Å². The lowest BCUT2D eigenvalue weighted by atomic mass is 9.94. The van der Waals surface area contributed by atoms with Crippen LogP contribution in [0.15, 0.2) is 48.5 Å². The molecular weight excluding hydrogens is 334 g/mol. The van der Waals surface area contributed by atoms with Gasteiger partial charge in [0.1, 0.15) is 12.4 Å². The van der Waals surface area contributed by atoms with Crippen LogP contribution in [0.1, 0.15) is 37.7 Å². The first-order valence-electron chi connectivity index (χ1n) is 9.91. The smallest absolute Gasteiger partial charge is 0.242 e. The van der Waals surface area contributed by atoms with Crippen LogP contribution < -0.4 is 0 Å². The van der Waals surface area contributed by atoms with Gasteiger partial charge in [-0.3, -0.25) is 4.79 Å². The number of fused-ring (bicyclic) bond motifs is 1. The summed E-state index contributed by atoms with van der Waals surface area (Å²) in [5.74, 6) is 1.03. The van der Waals surface area contributed by atoms with Gasteiger partial charge in [0.2, 0.25) is 5.91 Å².